The normalized spacial score (nSPS) is 19.3. The van der Waals surface area contributed by atoms with Crippen LogP contribution in [0.1, 0.15) is 46.5 Å². The number of carboxylic acid groups (broad SMARTS) is 1. The largest absolute Gasteiger partial charge is 0.480 e. The summed E-state index contributed by atoms with van der Waals surface area (Å²) in [5.74, 6) is -0.725. The number of nitrogens with zero attached hydrogens (tertiary/aromatic N) is 1. The second-order valence-corrected chi connectivity index (χ2v) is 5.24. The first-order chi connectivity index (χ1) is 8.01. The molecule has 0 aromatic heterocycles. The lowest BCUT2D eigenvalue weighted by atomic mass is 9.97. The summed E-state index contributed by atoms with van der Waals surface area (Å²) in [5, 5.41) is 12.6. The van der Waals surface area contributed by atoms with Crippen molar-refractivity contribution in [3.8, 4) is 0 Å². The molecule has 1 atom stereocenters. The molecule has 4 nitrogen and oxygen atoms in total. The molecule has 1 aliphatic rings. The summed E-state index contributed by atoms with van der Waals surface area (Å²) in [7, 11) is 0. The van der Waals surface area contributed by atoms with Crippen LogP contribution in [0.25, 0.3) is 0 Å². The Morgan fingerprint density at radius 1 is 1.41 bits per heavy atom. The second kappa shape index (κ2) is 6.36. The van der Waals surface area contributed by atoms with Crippen LogP contribution in [0.3, 0.4) is 0 Å². The number of carbonyl (C=O) groups is 1. The van der Waals surface area contributed by atoms with Crippen LogP contribution in [-0.4, -0.2) is 47.2 Å². The predicted octanol–water partition coefficient (Wildman–Crippen LogP) is 1.70. The Labute approximate surface area is 104 Å². The lowest BCUT2D eigenvalue weighted by molar-refractivity contribution is -0.144. The van der Waals surface area contributed by atoms with Crippen LogP contribution in [0, 0.1) is 0 Å². The van der Waals surface area contributed by atoms with E-state index in [4.69, 9.17) is 0 Å². The molecule has 100 valence electrons. The van der Waals surface area contributed by atoms with Gasteiger partial charge in [0.25, 0.3) is 0 Å². The van der Waals surface area contributed by atoms with Crippen molar-refractivity contribution in [2.24, 2.45) is 0 Å². The second-order valence-electron chi connectivity index (χ2n) is 5.24. The molecule has 0 aromatic rings. The van der Waals surface area contributed by atoms with Crippen molar-refractivity contribution in [3.63, 3.8) is 0 Å². The van der Waals surface area contributed by atoms with E-state index in [2.05, 4.69) is 24.1 Å². The average molecular weight is 242 g/mol. The van der Waals surface area contributed by atoms with E-state index in [9.17, 15) is 9.90 Å². The molecule has 0 spiro atoms. The lowest BCUT2D eigenvalue weighted by Crippen LogP contribution is -2.52. The Morgan fingerprint density at radius 3 is 2.47 bits per heavy atom. The molecule has 0 bridgehead atoms. The Bertz CT molecular complexity index is 254. The van der Waals surface area contributed by atoms with E-state index >= 15 is 0 Å². The van der Waals surface area contributed by atoms with Gasteiger partial charge in [-0.05, 0) is 45.7 Å². The fourth-order valence-corrected chi connectivity index (χ4v) is 2.05. The number of aliphatic carboxylic acids is 1. The van der Waals surface area contributed by atoms with Crippen LogP contribution in [0.4, 0.5) is 0 Å². The molecule has 1 unspecified atom stereocenters. The Morgan fingerprint density at radius 2 is 2.06 bits per heavy atom. The summed E-state index contributed by atoms with van der Waals surface area (Å²) in [5.41, 5.74) is -0.762. The van der Waals surface area contributed by atoms with Gasteiger partial charge in [-0.3, -0.25) is 10.1 Å². The van der Waals surface area contributed by atoms with Gasteiger partial charge >= 0.3 is 5.97 Å². The number of nitrogens with one attached hydrogen (secondary N) is 1. The van der Waals surface area contributed by atoms with Gasteiger partial charge in [-0.1, -0.05) is 13.8 Å². The fourth-order valence-electron chi connectivity index (χ4n) is 2.05. The molecule has 1 rings (SSSR count). The first-order valence-corrected chi connectivity index (χ1v) is 6.75. The van der Waals surface area contributed by atoms with Crippen LogP contribution >= 0.6 is 0 Å². The molecule has 17 heavy (non-hydrogen) atoms. The molecular formula is C13H26N2O2. The monoisotopic (exact) mass is 242 g/mol. The van der Waals surface area contributed by atoms with Crippen molar-refractivity contribution in [1.82, 2.24) is 10.2 Å². The van der Waals surface area contributed by atoms with E-state index in [1.54, 1.807) is 0 Å². The van der Waals surface area contributed by atoms with Crippen molar-refractivity contribution in [2.75, 3.05) is 19.6 Å². The molecule has 0 amide bonds. The van der Waals surface area contributed by atoms with Gasteiger partial charge in [0.2, 0.25) is 0 Å². The summed E-state index contributed by atoms with van der Waals surface area (Å²) in [6.45, 7) is 8.99. The minimum Gasteiger partial charge on any atom is -0.480 e. The number of rotatable bonds is 9. The molecular weight excluding hydrogens is 216 g/mol. The van der Waals surface area contributed by atoms with Crippen molar-refractivity contribution >= 4 is 5.97 Å². The van der Waals surface area contributed by atoms with Crippen molar-refractivity contribution in [1.29, 1.82) is 0 Å². The molecule has 1 fully saturated rings. The van der Waals surface area contributed by atoms with Gasteiger partial charge < -0.3 is 10.0 Å². The minimum atomic E-state index is -0.762. The SMILES string of the molecule is CCCN(CC)CCC(C)(NC1CC1)C(=O)O. The Kier molecular flexibility index (Phi) is 5.40. The van der Waals surface area contributed by atoms with Gasteiger partial charge in [0.1, 0.15) is 5.54 Å². The number of hydrogen-bond donors (Lipinski definition) is 2. The highest BCUT2D eigenvalue weighted by molar-refractivity contribution is 5.78. The van der Waals surface area contributed by atoms with Crippen LogP contribution in [0.5, 0.6) is 0 Å². The van der Waals surface area contributed by atoms with Crippen molar-refractivity contribution < 1.29 is 9.90 Å². The summed E-state index contributed by atoms with van der Waals surface area (Å²) in [4.78, 5) is 13.7. The molecule has 0 aromatic carbocycles. The lowest BCUT2D eigenvalue weighted by Gasteiger charge is -2.29. The third-order valence-electron chi connectivity index (χ3n) is 3.49. The van der Waals surface area contributed by atoms with E-state index in [0.29, 0.717) is 12.5 Å². The highest BCUT2D eigenvalue weighted by Crippen LogP contribution is 2.24. The van der Waals surface area contributed by atoms with Gasteiger partial charge in [0, 0.05) is 12.6 Å². The van der Waals surface area contributed by atoms with Crippen LogP contribution in [0.15, 0.2) is 0 Å². The number of carboxylic acids is 1. The zero-order chi connectivity index (χ0) is 12.9. The highest BCUT2D eigenvalue weighted by Gasteiger charge is 2.38. The Hall–Kier alpha value is -0.610. The minimum absolute atomic E-state index is 0.428. The molecule has 1 aliphatic carbocycles. The highest BCUT2D eigenvalue weighted by atomic mass is 16.4. The van der Waals surface area contributed by atoms with Crippen LogP contribution < -0.4 is 5.32 Å². The summed E-state index contributed by atoms with van der Waals surface area (Å²) in [6, 6.07) is 0.428. The van der Waals surface area contributed by atoms with Gasteiger partial charge in [0.05, 0.1) is 0 Å². The van der Waals surface area contributed by atoms with Gasteiger partial charge in [-0.15, -0.1) is 0 Å². The number of hydrogen-bond acceptors (Lipinski definition) is 3. The van der Waals surface area contributed by atoms with E-state index in [0.717, 1.165) is 38.9 Å². The fraction of sp³-hybridized carbons (Fsp3) is 0.923. The molecule has 0 radical (unpaired) electrons. The van der Waals surface area contributed by atoms with E-state index in [1.165, 1.54) is 0 Å². The zero-order valence-corrected chi connectivity index (χ0v) is 11.3. The molecule has 4 heteroatoms. The van der Waals surface area contributed by atoms with E-state index in [1.807, 2.05) is 6.92 Å². The standard InChI is InChI=1S/C13H26N2O2/c1-4-9-15(5-2)10-8-13(3,12(16)17)14-11-6-7-11/h11,14H,4-10H2,1-3H3,(H,16,17). The Balaban J connectivity index is 2.44. The third kappa shape index (κ3) is 4.64. The zero-order valence-electron chi connectivity index (χ0n) is 11.3. The quantitative estimate of drug-likeness (QED) is 0.646. The van der Waals surface area contributed by atoms with Gasteiger partial charge in [-0.2, -0.15) is 0 Å². The summed E-state index contributed by atoms with van der Waals surface area (Å²) < 4.78 is 0. The average Bonchev–Trinajstić information content (AvgIpc) is 3.07. The molecule has 1 saturated carbocycles. The third-order valence-corrected chi connectivity index (χ3v) is 3.49. The van der Waals surface area contributed by atoms with Crippen LogP contribution in [0.2, 0.25) is 0 Å². The van der Waals surface area contributed by atoms with Crippen LogP contribution in [-0.2, 0) is 4.79 Å². The van der Waals surface area contributed by atoms with E-state index in [-0.39, 0.29) is 0 Å². The predicted molar refractivity (Wildman–Crippen MR) is 69.2 cm³/mol. The van der Waals surface area contributed by atoms with Gasteiger partial charge in [0.15, 0.2) is 0 Å². The maximum Gasteiger partial charge on any atom is 0.323 e. The van der Waals surface area contributed by atoms with E-state index < -0.39 is 11.5 Å². The molecule has 0 saturated heterocycles. The molecule has 2 N–H and O–H groups in total. The smallest absolute Gasteiger partial charge is 0.323 e. The molecule has 0 aliphatic heterocycles. The summed E-state index contributed by atoms with van der Waals surface area (Å²) in [6.07, 6.45) is 4.03. The molecule has 0 heterocycles. The van der Waals surface area contributed by atoms with Crippen molar-refractivity contribution in [2.45, 2.75) is 58.0 Å². The first-order valence-electron chi connectivity index (χ1n) is 6.75. The maximum atomic E-state index is 11.4. The maximum absolute atomic E-state index is 11.4. The first kappa shape index (κ1) is 14.5. The summed E-state index contributed by atoms with van der Waals surface area (Å²) >= 11 is 0. The topological polar surface area (TPSA) is 52.6 Å². The van der Waals surface area contributed by atoms with Crippen molar-refractivity contribution in [3.05, 3.63) is 0 Å². The van der Waals surface area contributed by atoms with Gasteiger partial charge in [-0.25, -0.2) is 0 Å².